The zero-order valence-electron chi connectivity index (χ0n) is 12.5. The number of rotatable bonds is 6. The Bertz CT molecular complexity index is 673. The molecule has 0 bridgehead atoms. The molecule has 1 saturated carbocycles. The zero-order valence-corrected chi connectivity index (χ0v) is 12.5. The van der Waals surface area contributed by atoms with E-state index >= 15 is 0 Å². The highest BCUT2D eigenvalue weighted by Crippen LogP contribution is 2.25. The van der Waals surface area contributed by atoms with Crippen molar-refractivity contribution in [3.63, 3.8) is 0 Å². The number of para-hydroxylation sites is 1. The SMILES string of the molecule is O=C(CNC(=O)C1CCC1)NCCc1c[nH]c2ccccc12. The third-order valence-corrected chi connectivity index (χ3v) is 4.29. The van der Waals surface area contributed by atoms with Gasteiger partial charge in [0.05, 0.1) is 6.54 Å². The second-order valence-corrected chi connectivity index (χ2v) is 5.81. The Labute approximate surface area is 129 Å². The lowest BCUT2D eigenvalue weighted by molar-refractivity contribution is -0.130. The van der Waals surface area contributed by atoms with E-state index in [0.717, 1.165) is 31.2 Å². The van der Waals surface area contributed by atoms with Gasteiger partial charge in [0.1, 0.15) is 0 Å². The minimum Gasteiger partial charge on any atom is -0.361 e. The van der Waals surface area contributed by atoms with Gasteiger partial charge in [-0.1, -0.05) is 24.6 Å². The van der Waals surface area contributed by atoms with E-state index in [2.05, 4.69) is 21.7 Å². The van der Waals surface area contributed by atoms with Crippen molar-refractivity contribution >= 4 is 22.7 Å². The second kappa shape index (κ2) is 6.64. The fourth-order valence-electron chi connectivity index (χ4n) is 2.72. The highest BCUT2D eigenvalue weighted by Gasteiger charge is 2.25. The van der Waals surface area contributed by atoms with Crippen molar-refractivity contribution in [3.05, 3.63) is 36.0 Å². The molecule has 0 atom stereocenters. The van der Waals surface area contributed by atoms with Crippen molar-refractivity contribution in [2.45, 2.75) is 25.7 Å². The number of hydrogen-bond acceptors (Lipinski definition) is 2. The second-order valence-electron chi connectivity index (χ2n) is 5.81. The molecule has 1 aromatic carbocycles. The lowest BCUT2D eigenvalue weighted by atomic mass is 9.85. The summed E-state index contributed by atoms with van der Waals surface area (Å²) in [7, 11) is 0. The molecule has 22 heavy (non-hydrogen) atoms. The van der Waals surface area contributed by atoms with Crippen molar-refractivity contribution in [1.82, 2.24) is 15.6 Å². The number of benzene rings is 1. The van der Waals surface area contributed by atoms with E-state index in [9.17, 15) is 9.59 Å². The first-order valence-corrected chi connectivity index (χ1v) is 7.83. The minimum atomic E-state index is -0.132. The van der Waals surface area contributed by atoms with Gasteiger partial charge in [-0.15, -0.1) is 0 Å². The summed E-state index contributed by atoms with van der Waals surface area (Å²) in [4.78, 5) is 26.6. The van der Waals surface area contributed by atoms with E-state index < -0.39 is 0 Å². The minimum absolute atomic E-state index is 0.0121. The van der Waals surface area contributed by atoms with Gasteiger partial charge in [-0.25, -0.2) is 0 Å². The predicted molar refractivity (Wildman–Crippen MR) is 85.4 cm³/mol. The van der Waals surface area contributed by atoms with Crippen LogP contribution in [0.15, 0.2) is 30.5 Å². The summed E-state index contributed by atoms with van der Waals surface area (Å²) in [6, 6.07) is 8.11. The fourth-order valence-corrected chi connectivity index (χ4v) is 2.72. The Morgan fingerprint density at radius 3 is 2.77 bits per heavy atom. The zero-order chi connectivity index (χ0) is 15.4. The topological polar surface area (TPSA) is 74.0 Å². The van der Waals surface area contributed by atoms with Crippen LogP contribution in [0.5, 0.6) is 0 Å². The molecular weight excluding hydrogens is 278 g/mol. The number of aromatic nitrogens is 1. The monoisotopic (exact) mass is 299 g/mol. The van der Waals surface area contributed by atoms with Crippen LogP contribution in [0.3, 0.4) is 0 Å². The number of amides is 2. The average Bonchev–Trinajstić information content (AvgIpc) is 2.87. The lowest BCUT2D eigenvalue weighted by Crippen LogP contribution is -2.41. The maximum Gasteiger partial charge on any atom is 0.239 e. The molecule has 5 nitrogen and oxygen atoms in total. The number of nitrogens with one attached hydrogen (secondary N) is 3. The van der Waals surface area contributed by atoms with E-state index in [1.54, 1.807) is 0 Å². The van der Waals surface area contributed by atoms with E-state index in [1.165, 1.54) is 10.9 Å². The molecule has 1 heterocycles. The number of carbonyl (C=O) groups is 2. The molecule has 1 fully saturated rings. The first-order chi connectivity index (χ1) is 10.7. The molecule has 0 saturated heterocycles. The molecule has 0 aliphatic heterocycles. The standard InChI is InChI=1S/C17H21N3O2/c21-16(11-20-17(22)12-4-3-5-12)18-9-8-13-10-19-15-7-2-1-6-14(13)15/h1-2,6-7,10,12,19H,3-5,8-9,11H2,(H,18,21)(H,20,22). The van der Waals surface area contributed by atoms with Gasteiger partial charge in [0.2, 0.25) is 11.8 Å². The van der Waals surface area contributed by atoms with Crippen LogP contribution in [0.2, 0.25) is 0 Å². The largest absolute Gasteiger partial charge is 0.361 e. The molecule has 0 unspecified atom stereocenters. The summed E-state index contributed by atoms with van der Waals surface area (Å²) in [5, 5.41) is 6.74. The van der Waals surface area contributed by atoms with Crippen molar-refractivity contribution in [2.75, 3.05) is 13.1 Å². The first-order valence-electron chi connectivity index (χ1n) is 7.83. The Balaban J connectivity index is 1.40. The van der Waals surface area contributed by atoms with Crippen LogP contribution in [0.4, 0.5) is 0 Å². The molecule has 1 aliphatic rings. The quantitative estimate of drug-likeness (QED) is 0.760. The third-order valence-electron chi connectivity index (χ3n) is 4.29. The van der Waals surface area contributed by atoms with Gasteiger partial charge in [0.25, 0.3) is 0 Å². The van der Waals surface area contributed by atoms with Gasteiger partial charge in [0, 0.05) is 29.6 Å². The lowest BCUT2D eigenvalue weighted by Gasteiger charge is -2.23. The summed E-state index contributed by atoms with van der Waals surface area (Å²) in [5.41, 5.74) is 2.30. The van der Waals surface area contributed by atoms with Crippen LogP contribution < -0.4 is 10.6 Å². The Kier molecular flexibility index (Phi) is 4.42. The highest BCUT2D eigenvalue weighted by atomic mass is 16.2. The summed E-state index contributed by atoms with van der Waals surface area (Å²) in [6.45, 7) is 0.642. The van der Waals surface area contributed by atoms with Gasteiger partial charge < -0.3 is 15.6 Å². The van der Waals surface area contributed by atoms with Gasteiger partial charge in [-0.3, -0.25) is 9.59 Å². The van der Waals surface area contributed by atoms with Crippen LogP contribution >= 0.6 is 0 Å². The molecule has 0 spiro atoms. The van der Waals surface area contributed by atoms with Crippen LogP contribution in [0.25, 0.3) is 10.9 Å². The predicted octanol–water partition coefficient (Wildman–Crippen LogP) is 1.74. The smallest absolute Gasteiger partial charge is 0.239 e. The summed E-state index contributed by atoms with van der Waals surface area (Å²) >= 11 is 0. The molecule has 116 valence electrons. The molecule has 0 radical (unpaired) electrons. The molecule has 1 aliphatic carbocycles. The third kappa shape index (κ3) is 3.30. The maximum absolute atomic E-state index is 11.7. The Hall–Kier alpha value is -2.30. The van der Waals surface area contributed by atoms with E-state index in [-0.39, 0.29) is 24.3 Å². The molecule has 5 heteroatoms. The van der Waals surface area contributed by atoms with Crippen molar-refractivity contribution < 1.29 is 9.59 Å². The Morgan fingerprint density at radius 1 is 1.18 bits per heavy atom. The van der Waals surface area contributed by atoms with E-state index in [0.29, 0.717) is 6.54 Å². The highest BCUT2D eigenvalue weighted by molar-refractivity contribution is 5.86. The summed E-state index contributed by atoms with van der Waals surface area (Å²) in [5.74, 6) is 0.00423. The number of fused-ring (bicyclic) bond motifs is 1. The van der Waals surface area contributed by atoms with Gasteiger partial charge in [0.15, 0.2) is 0 Å². The van der Waals surface area contributed by atoms with Crippen LogP contribution in [0.1, 0.15) is 24.8 Å². The van der Waals surface area contributed by atoms with Crippen molar-refractivity contribution in [1.29, 1.82) is 0 Å². The molecule has 2 amide bonds. The first kappa shape index (κ1) is 14.6. The molecule has 1 aromatic heterocycles. The Morgan fingerprint density at radius 2 is 2.00 bits per heavy atom. The molecular formula is C17H21N3O2. The van der Waals surface area contributed by atoms with E-state index in [1.807, 2.05) is 24.4 Å². The summed E-state index contributed by atoms with van der Waals surface area (Å²) < 4.78 is 0. The van der Waals surface area contributed by atoms with Crippen molar-refractivity contribution in [3.8, 4) is 0 Å². The maximum atomic E-state index is 11.7. The number of carbonyl (C=O) groups excluding carboxylic acids is 2. The number of H-pyrrole nitrogens is 1. The number of aromatic amines is 1. The fraction of sp³-hybridized carbons (Fsp3) is 0.412. The van der Waals surface area contributed by atoms with Gasteiger partial charge in [-0.05, 0) is 30.9 Å². The summed E-state index contributed by atoms with van der Waals surface area (Å²) in [6.07, 6.45) is 5.78. The van der Waals surface area contributed by atoms with Crippen LogP contribution in [-0.4, -0.2) is 29.9 Å². The molecule has 2 aromatic rings. The van der Waals surface area contributed by atoms with Gasteiger partial charge in [-0.2, -0.15) is 0 Å². The molecule has 3 N–H and O–H groups in total. The van der Waals surface area contributed by atoms with E-state index in [4.69, 9.17) is 0 Å². The normalized spacial score (nSPS) is 14.5. The van der Waals surface area contributed by atoms with Crippen LogP contribution in [0, 0.1) is 5.92 Å². The average molecular weight is 299 g/mol. The van der Waals surface area contributed by atoms with Crippen molar-refractivity contribution in [2.24, 2.45) is 5.92 Å². The number of hydrogen-bond donors (Lipinski definition) is 3. The molecule has 3 rings (SSSR count). The van der Waals surface area contributed by atoms with Gasteiger partial charge >= 0.3 is 0 Å². The van der Waals surface area contributed by atoms with Crippen LogP contribution in [-0.2, 0) is 16.0 Å².